The van der Waals surface area contributed by atoms with Crippen molar-refractivity contribution in [2.75, 3.05) is 26.9 Å². The van der Waals surface area contributed by atoms with Gasteiger partial charge in [-0.05, 0) is 70.2 Å². The van der Waals surface area contributed by atoms with Crippen molar-refractivity contribution >= 4 is 23.0 Å². The Labute approximate surface area is 206 Å². The fourth-order valence-electron chi connectivity index (χ4n) is 4.95. The van der Waals surface area contributed by atoms with Crippen molar-refractivity contribution in [1.82, 2.24) is 10.1 Å². The zero-order valence-electron chi connectivity index (χ0n) is 21.1. The third-order valence-corrected chi connectivity index (χ3v) is 6.78. The molecule has 1 aromatic heterocycles. The molecule has 2 fully saturated rings. The number of benzene rings is 1. The van der Waals surface area contributed by atoms with Gasteiger partial charge in [0, 0.05) is 6.54 Å². The first-order valence-corrected chi connectivity index (χ1v) is 12.4. The number of aromatic nitrogens is 1. The van der Waals surface area contributed by atoms with Gasteiger partial charge in [0.2, 0.25) is 0 Å². The number of piperidine rings is 1. The minimum absolute atomic E-state index is 0.125. The number of nitrogens with zero attached hydrogens (tertiary/aromatic N) is 2. The van der Waals surface area contributed by atoms with Gasteiger partial charge in [-0.25, -0.2) is 4.79 Å². The van der Waals surface area contributed by atoms with Crippen molar-refractivity contribution < 1.29 is 33.1 Å². The molecule has 2 aromatic rings. The molecular formula is C26H36N2O7. The number of amides is 1. The van der Waals surface area contributed by atoms with Gasteiger partial charge in [0.15, 0.2) is 5.58 Å². The van der Waals surface area contributed by atoms with Crippen molar-refractivity contribution in [3.05, 3.63) is 18.2 Å². The van der Waals surface area contributed by atoms with Gasteiger partial charge in [0.25, 0.3) is 5.88 Å². The topological polar surface area (TPSA) is 100 Å². The maximum Gasteiger partial charge on any atom is 0.410 e. The molecule has 35 heavy (non-hydrogen) atoms. The minimum atomic E-state index is -0.634. The van der Waals surface area contributed by atoms with Gasteiger partial charge in [0.1, 0.15) is 35.4 Å². The number of carbonyl (C=O) groups is 2. The average molecular weight is 489 g/mol. The van der Waals surface area contributed by atoms with Crippen LogP contribution in [-0.4, -0.2) is 60.6 Å². The molecule has 1 saturated carbocycles. The monoisotopic (exact) mass is 488 g/mol. The van der Waals surface area contributed by atoms with Crippen LogP contribution >= 0.6 is 0 Å². The second-order valence-electron chi connectivity index (χ2n) is 10.5. The lowest BCUT2D eigenvalue weighted by Crippen LogP contribution is -2.48. The minimum Gasteiger partial charge on any atom is -0.491 e. The predicted octanol–water partition coefficient (Wildman–Crippen LogP) is 5.11. The summed E-state index contributed by atoms with van der Waals surface area (Å²) in [6, 6.07) is 5.30. The first-order chi connectivity index (χ1) is 16.7. The Morgan fingerprint density at radius 1 is 1.14 bits per heavy atom. The average Bonchev–Trinajstić information content (AvgIpc) is 3.48. The molecule has 0 bridgehead atoms. The number of rotatable bonds is 7. The smallest absolute Gasteiger partial charge is 0.410 e. The summed E-state index contributed by atoms with van der Waals surface area (Å²) in [4.78, 5) is 27.0. The maximum atomic E-state index is 12.7. The fourth-order valence-corrected chi connectivity index (χ4v) is 4.95. The molecular weight excluding hydrogens is 452 g/mol. The third-order valence-electron chi connectivity index (χ3n) is 6.78. The molecule has 9 heteroatoms. The van der Waals surface area contributed by atoms with Crippen LogP contribution < -0.4 is 9.47 Å². The number of ether oxygens (including phenoxy) is 4. The summed E-state index contributed by atoms with van der Waals surface area (Å²) in [5, 5.41) is 4.73. The number of likely N-dealkylation sites (tertiary alicyclic amines) is 1. The van der Waals surface area contributed by atoms with Crippen molar-refractivity contribution in [3.8, 4) is 11.6 Å². The van der Waals surface area contributed by atoms with Gasteiger partial charge in [-0.15, -0.1) is 0 Å². The fraction of sp³-hybridized carbons (Fsp3) is 0.654. The van der Waals surface area contributed by atoms with E-state index in [0.29, 0.717) is 29.1 Å². The SMILES string of the molecule is COC(=O)C1(COc2cccc3onc(OCC4CCCCN4C(=O)OC(C)(C)C)c23)CCCC1. The number of fused-ring (bicyclic) bond motifs is 1. The van der Waals surface area contributed by atoms with E-state index in [9.17, 15) is 9.59 Å². The molecule has 1 atom stereocenters. The Hall–Kier alpha value is -2.97. The molecule has 2 aliphatic rings. The van der Waals surface area contributed by atoms with Crippen molar-refractivity contribution in [3.63, 3.8) is 0 Å². The van der Waals surface area contributed by atoms with Crippen molar-refractivity contribution in [1.29, 1.82) is 0 Å². The highest BCUT2D eigenvalue weighted by molar-refractivity contribution is 5.88. The zero-order chi connectivity index (χ0) is 25.1. The molecule has 0 spiro atoms. The molecule has 4 rings (SSSR count). The molecule has 1 aromatic carbocycles. The van der Waals surface area contributed by atoms with Crippen LogP contribution in [0.2, 0.25) is 0 Å². The van der Waals surface area contributed by atoms with E-state index in [0.717, 1.165) is 44.9 Å². The van der Waals surface area contributed by atoms with Crippen LogP contribution in [0.3, 0.4) is 0 Å². The summed E-state index contributed by atoms with van der Waals surface area (Å²) in [6.45, 7) is 6.70. The summed E-state index contributed by atoms with van der Waals surface area (Å²) < 4.78 is 28.4. The Balaban J connectivity index is 1.48. The number of esters is 1. The van der Waals surface area contributed by atoms with Crippen LogP contribution in [-0.2, 0) is 14.3 Å². The molecule has 0 N–H and O–H groups in total. The van der Waals surface area contributed by atoms with Crippen molar-refractivity contribution in [2.24, 2.45) is 5.41 Å². The van der Waals surface area contributed by atoms with Crippen LogP contribution in [0.4, 0.5) is 4.79 Å². The normalized spacial score (nSPS) is 20.0. The highest BCUT2D eigenvalue weighted by Gasteiger charge is 2.43. The largest absolute Gasteiger partial charge is 0.491 e. The Morgan fingerprint density at radius 2 is 1.91 bits per heavy atom. The molecule has 0 radical (unpaired) electrons. The summed E-state index contributed by atoms with van der Waals surface area (Å²) in [5.74, 6) is 0.619. The lowest BCUT2D eigenvalue weighted by molar-refractivity contribution is -0.154. The standard InChI is InChI=1S/C26H36N2O7/c1-25(2,3)34-24(30)28-15-8-5-10-18(28)16-32-22-21-19(11-9-12-20(21)35-27-22)33-17-26(23(29)31-4)13-6-7-14-26/h9,11-12,18H,5-8,10,13-17H2,1-4H3. The number of hydrogen-bond donors (Lipinski definition) is 0. The Bertz CT molecular complexity index is 1040. The van der Waals surface area contributed by atoms with Gasteiger partial charge in [-0.3, -0.25) is 4.79 Å². The van der Waals surface area contributed by atoms with Crippen LogP contribution in [0.5, 0.6) is 11.6 Å². The van der Waals surface area contributed by atoms with Crippen LogP contribution in [0.1, 0.15) is 65.7 Å². The van der Waals surface area contributed by atoms with E-state index in [4.69, 9.17) is 23.5 Å². The molecule has 1 saturated heterocycles. The van der Waals surface area contributed by atoms with Gasteiger partial charge >= 0.3 is 12.1 Å². The van der Waals surface area contributed by atoms with E-state index in [1.165, 1.54) is 7.11 Å². The lowest BCUT2D eigenvalue weighted by Gasteiger charge is -2.36. The number of carbonyl (C=O) groups excluding carboxylic acids is 2. The molecule has 1 aliphatic heterocycles. The second-order valence-corrected chi connectivity index (χ2v) is 10.5. The molecule has 9 nitrogen and oxygen atoms in total. The van der Waals surface area contributed by atoms with Gasteiger partial charge in [0.05, 0.1) is 13.2 Å². The quantitative estimate of drug-likeness (QED) is 0.496. The zero-order valence-corrected chi connectivity index (χ0v) is 21.1. The van der Waals surface area contributed by atoms with Crippen LogP contribution in [0.25, 0.3) is 11.0 Å². The van der Waals surface area contributed by atoms with E-state index >= 15 is 0 Å². The van der Waals surface area contributed by atoms with Crippen LogP contribution in [0.15, 0.2) is 22.7 Å². The highest BCUT2D eigenvalue weighted by Crippen LogP contribution is 2.41. The summed E-state index contributed by atoms with van der Waals surface area (Å²) in [6.07, 6.45) is 5.86. The molecule has 1 aliphatic carbocycles. The number of methoxy groups -OCH3 is 1. The van der Waals surface area contributed by atoms with Gasteiger partial charge in [-0.2, -0.15) is 0 Å². The van der Waals surface area contributed by atoms with E-state index in [2.05, 4.69) is 5.16 Å². The summed E-state index contributed by atoms with van der Waals surface area (Å²) >= 11 is 0. The first kappa shape index (κ1) is 25.1. The summed E-state index contributed by atoms with van der Waals surface area (Å²) in [5.41, 5.74) is -0.663. The number of hydrogen-bond acceptors (Lipinski definition) is 8. The third kappa shape index (κ3) is 5.65. The first-order valence-electron chi connectivity index (χ1n) is 12.4. The highest BCUT2D eigenvalue weighted by atomic mass is 16.6. The maximum absolute atomic E-state index is 12.7. The molecule has 1 unspecified atom stereocenters. The second kappa shape index (κ2) is 10.3. The summed E-state index contributed by atoms with van der Waals surface area (Å²) in [7, 11) is 1.42. The Morgan fingerprint density at radius 3 is 2.63 bits per heavy atom. The molecule has 2 heterocycles. The lowest BCUT2D eigenvalue weighted by atomic mass is 9.87. The van der Waals surface area contributed by atoms with E-state index in [1.807, 2.05) is 32.9 Å². The van der Waals surface area contributed by atoms with Crippen molar-refractivity contribution in [2.45, 2.75) is 77.4 Å². The van der Waals surface area contributed by atoms with Gasteiger partial charge in [-0.1, -0.05) is 18.9 Å². The molecule has 1 amide bonds. The molecule has 192 valence electrons. The van der Waals surface area contributed by atoms with E-state index in [-0.39, 0.29) is 31.3 Å². The predicted molar refractivity (Wildman–Crippen MR) is 128 cm³/mol. The van der Waals surface area contributed by atoms with E-state index < -0.39 is 11.0 Å². The van der Waals surface area contributed by atoms with Gasteiger partial charge < -0.3 is 28.4 Å². The Kier molecular flexibility index (Phi) is 7.42. The van der Waals surface area contributed by atoms with Crippen LogP contribution in [0, 0.1) is 5.41 Å². The van der Waals surface area contributed by atoms with E-state index in [1.54, 1.807) is 11.0 Å².